The second-order valence-corrected chi connectivity index (χ2v) is 6.70. The van der Waals surface area contributed by atoms with Crippen LogP contribution in [0.4, 0.5) is 0 Å². The molecule has 0 radical (unpaired) electrons. The van der Waals surface area contributed by atoms with E-state index in [1.165, 1.54) is 11.1 Å². The maximum atomic E-state index is 6.23. The molecule has 0 saturated carbocycles. The van der Waals surface area contributed by atoms with E-state index in [0.29, 0.717) is 0 Å². The van der Waals surface area contributed by atoms with E-state index in [9.17, 15) is 0 Å². The number of rotatable bonds is 2. The van der Waals surface area contributed by atoms with E-state index in [1.807, 2.05) is 60.3 Å². The highest BCUT2D eigenvalue weighted by Crippen LogP contribution is 2.37. The highest BCUT2D eigenvalue weighted by Gasteiger charge is 2.25. The summed E-state index contributed by atoms with van der Waals surface area (Å²) in [6, 6.07) is 15.8. The molecule has 0 unspecified atom stereocenters. The van der Waals surface area contributed by atoms with Crippen molar-refractivity contribution in [3.8, 4) is 0 Å². The van der Waals surface area contributed by atoms with Gasteiger partial charge in [0.1, 0.15) is 0 Å². The minimum Gasteiger partial charge on any atom is -0.364 e. The van der Waals surface area contributed by atoms with Crippen molar-refractivity contribution in [3.05, 3.63) is 69.7 Å². The molecule has 20 heavy (non-hydrogen) atoms. The van der Waals surface area contributed by atoms with Gasteiger partial charge >= 0.3 is 0 Å². The average Bonchev–Trinajstić information content (AvgIpc) is 2.49. The molecular weight excluding hydrogens is 311 g/mol. The van der Waals surface area contributed by atoms with Gasteiger partial charge in [-0.2, -0.15) is 11.8 Å². The van der Waals surface area contributed by atoms with Gasteiger partial charge in [0, 0.05) is 21.6 Å². The van der Waals surface area contributed by atoms with E-state index in [-0.39, 0.29) is 12.2 Å². The van der Waals surface area contributed by atoms with Crippen LogP contribution in [-0.4, -0.2) is 11.5 Å². The van der Waals surface area contributed by atoms with Crippen molar-refractivity contribution >= 4 is 35.0 Å². The van der Waals surface area contributed by atoms with Crippen molar-refractivity contribution < 1.29 is 4.74 Å². The summed E-state index contributed by atoms with van der Waals surface area (Å²) in [4.78, 5) is 0. The van der Waals surface area contributed by atoms with Gasteiger partial charge in [0.2, 0.25) is 0 Å². The monoisotopic (exact) mass is 324 g/mol. The summed E-state index contributed by atoms with van der Waals surface area (Å²) in [5.74, 6) is 1.96. The molecule has 1 aliphatic heterocycles. The quantitative estimate of drug-likeness (QED) is 0.717. The molecule has 104 valence electrons. The van der Waals surface area contributed by atoms with Crippen LogP contribution in [0.5, 0.6) is 0 Å². The average molecular weight is 325 g/mol. The van der Waals surface area contributed by atoms with Gasteiger partial charge < -0.3 is 4.74 Å². The molecule has 2 atom stereocenters. The van der Waals surface area contributed by atoms with Gasteiger partial charge in [0.25, 0.3) is 0 Å². The Hall–Kier alpha value is -0.670. The summed E-state index contributed by atoms with van der Waals surface area (Å²) < 4.78 is 6.23. The van der Waals surface area contributed by atoms with E-state index in [2.05, 4.69) is 0 Å². The van der Waals surface area contributed by atoms with Gasteiger partial charge in [0.05, 0.1) is 12.2 Å². The Morgan fingerprint density at radius 1 is 0.750 bits per heavy atom. The number of hydrogen-bond donors (Lipinski definition) is 0. The van der Waals surface area contributed by atoms with Gasteiger partial charge in [-0.1, -0.05) is 47.5 Å². The van der Waals surface area contributed by atoms with Gasteiger partial charge in [-0.25, -0.2) is 0 Å². The standard InChI is InChI=1S/C16H14Cl2OS/c17-13-5-1-11(2-6-13)15-9-20-10-16(19-15)12-3-7-14(18)8-4-12/h1-8,15-16H,9-10H2/t15-,16+. The first-order valence-electron chi connectivity index (χ1n) is 6.46. The number of thioether (sulfide) groups is 1. The molecule has 2 aromatic rings. The Balaban J connectivity index is 1.76. The van der Waals surface area contributed by atoms with E-state index in [1.54, 1.807) is 0 Å². The molecule has 1 fully saturated rings. The van der Waals surface area contributed by atoms with Gasteiger partial charge in [0.15, 0.2) is 0 Å². The van der Waals surface area contributed by atoms with E-state index < -0.39 is 0 Å². The van der Waals surface area contributed by atoms with Crippen LogP contribution in [0.2, 0.25) is 10.0 Å². The molecule has 1 heterocycles. The fraction of sp³-hybridized carbons (Fsp3) is 0.250. The second kappa shape index (κ2) is 6.40. The molecule has 1 saturated heterocycles. The third-order valence-electron chi connectivity index (χ3n) is 3.35. The summed E-state index contributed by atoms with van der Waals surface area (Å²) in [5.41, 5.74) is 2.36. The van der Waals surface area contributed by atoms with Crippen LogP contribution in [0.15, 0.2) is 48.5 Å². The van der Waals surface area contributed by atoms with E-state index in [4.69, 9.17) is 27.9 Å². The molecule has 1 aliphatic rings. The zero-order chi connectivity index (χ0) is 13.9. The third kappa shape index (κ3) is 3.32. The number of ether oxygens (including phenoxy) is 1. The molecule has 3 rings (SSSR count). The molecule has 2 aromatic carbocycles. The molecule has 1 nitrogen and oxygen atoms in total. The second-order valence-electron chi connectivity index (χ2n) is 4.75. The first-order valence-corrected chi connectivity index (χ1v) is 8.37. The topological polar surface area (TPSA) is 9.23 Å². The minimum absolute atomic E-state index is 0.117. The van der Waals surface area contributed by atoms with Crippen LogP contribution < -0.4 is 0 Å². The Morgan fingerprint density at radius 2 is 1.15 bits per heavy atom. The van der Waals surface area contributed by atoms with Gasteiger partial charge in [-0.05, 0) is 35.4 Å². The van der Waals surface area contributed by atoms with Crippen molar-refractivity contribution in [3.63, 3.8) is 0 Å². The molecule has 0 N–H and O–H groups in total. The first kappa shape index (κ1) is 14.3. The van der Waals surface area contributed by atoms with Crippen molar-refractivity contribution in [1.82, 2.24) is 0 Å². The maximum Gasteiger partial charge on any atom is 0.0924 e. The largest absolute Gasteiger partial charge is 0.364 e. The highest BCUT2D eigenvalue weighted by atomic mass is 35.5. The summed E-state index contributed by atoms with van der Waals surface area (Å²) in [6.07, 6.45) is 0.235. The van der Waals surface area contributed by atoms with Crippen molar-refractivity contribution in [2.45, 2.75) is 12.2 Å². The smallest absolute Gasteiger partial charge is 0.0924 e. The zero-order valence-electron chi connectivity index (χ0n) is 10.8. The lowest BCUT2D eigenvalue weighted by Gasteiger charge is -2.30. The lowest BCUT2D eigenvalue weighted by atomic mass is 10.1. The van der Waals surface area contributed by atoms with Crippen LogP contribution in [-0.2, 0) is 4.74 Å². The van der Waals surface area contributed by atoms with E-state index in [0.717, 1.165) is 21.6 Å². The normalized spacial score (nSPS) is 22.7. The summed E-state index contributed by atoms with van der Waals surface area (Å²) >= 11 is 13.8. The molecule has 0 amide bonds. The lowest BCUT2D eigenvalue weighted by Crippen LogP contribution is -2.20. The molecular formula is C16H14Cl2OS. The van der Waals surface area contributed by atoms with Crippen LogP contribution in [0.1, 0.15) is 23.3 Å². The Bertz CT molecular complexity index is 517. The van der Waals surface area contributed by atoms with Crippen molar-refractivity contribution in [2.24, 2.45) is 0 Å². The molecule has 0 bridgehead atoms. The number of benzene rings is 2. The fourth-order valence-electron chi connectivity index (χ4n) is 2.26. The van der Waals surface area contributed by atoms with Crippen LogP contribution in [0, 0.1) is 0 Å². The summed E-state index contributed by atoms with van der Waals surface area (Å²) in [7, 11) is 0. The Kier molecular flexibility index (Phi) is 4.57. The zero-order valence-corrected chi connectivity index (χ0v) is 13.1. The molecule has 0 aliphatic carbocycles. The summed E-state index contributed by atoms with van der Waals surface area (Å²) in [5, 5.41) is 1.51. The fourth-order valence-corrected chi connectivity index (χ4v) is 3.62. The summed E-state index contributed by atoms with van der Waals surface area (Å²) in [6.45, 7) is 0. The minimum atomic E-state index is 0.117. The number of halogens is 2. The predicted molar refractivity (Wildman–Crippen MR) is 86.8 cm³/mol. The van der Waals surface area contributed by atoms with Crippen LogP contribution in [0.3, 0.4) is 0 Å². The Labute approximate surface area is 133 Å². The van der Waals surface area contributed by atoms with Crippen molar-refractivity contribution in [1.29, 1.82) is 0 Å². The number of hydrogen-bond acceptors (Lipinski definition) is 2. The lowest BCUT2D eigenvalue weighted by molar-refractivity contribution is 0.00513. The molecule has 4 heteroatoms. The van der Waals surface area contributed by atoms with Gasteiger partial charge in [-0.3, -0.25) is 0 Å². The molecule has 0 spiro atoms. The highest BCUT2D eigenvalue weighted by molar-refractivity contribution is 7.99. The molecule has 0 aromatic heterocycles. The maximum absolute atomic E-state index is 6.23. The van der Waals surface area contributed by atoms with Crippen molar-refractivity contribution in [2.75, 3.05) is 11.5 Å². The van der Waals surface area contributed by atoms with Gasteiger partial charge in [-0.15, -0.1) is 0 Å². The third-order valence-corrected chi connectivity index (χ3v) is 4.93. The first-order chi connectivity index (χ1) is 9.72. The van der Waals surface area contributed by atoms with Crippen LogP contribution >= 0.6 is 35.0 Å². The SMILES string of the molecule is Clc1ccc([C@@H]2CSC[C@H](c3ccc(Cl)cc3)O2)cc1. The van der Waals surface area contributed by atoms with Crippen LogP contribution in [0.25, 0.3) is 0 Å². The predicted octanol–water partition coefficient (Wildman–Crippen LogP) is 5.54. The van der Waals surface area contributed by atoms with E-state index >= 15 is 0 Å². The Morgan fingerprint density at radius 3 is 1.55 bits per heavy atom.